The van der Waals surface area contributed by atoms with Crippen molar-refractivity contribution in [2.24, 2.45) is 0 Å². The minimum Gasteiger partial charge on any atom is -0.493 e. The van der Waals surface area contributed by atoms with Crippen LogP contribution in [0.25, 0.3) is 11.3 Å². The normalized spacial score (nSPS) is 21.7. The van der Waals surface area contributed by atoms with Crippen molar-refractivity contribution in [3.63, 3.8) is 0 Å². The molecule has 0 bridgehead atoms. The number of methoxy groups -OCH3 is 2. The van der Waals surface area contributed by atoms with Crippen LogP contribution >= 0.6 is 0 Å². The number of hydrogen-bond donors (Lipinski definition) is 1. The molecular formula is C17H23N3O3. The number of aliphatic hydroxyl groups excluding tert-OH is 1. The van der Waals surface area contributed by atoms with Gasteiger partial charge in [-0.05, 0) is 31.0 Å². The molecule has 0 spiro atoms. The van der Waals surface area contributed by atoms with Crippen molar-refractivity contribution in [2.75, 3.05) is 14.2 Å². The van der Waals surface area contributed by atoms with E-state index in [1.165, 1.54) is 6.42 Å². The molecule has 0 saturated heterocycles. The predicted molar refractivity (Wildman–Crippen MR) is 86.7 cm³/mol. The highest BCUT2D eigenvalue weighted by molar-refractivity contribution is 5.63. The molecule has 1 fully saturated rings. The van der Waals surface area contributed by atoms with Crippen LogP contribution in [0, 0.1) is 0 Å². The minimum atomic E-state index is -0.350. The first kappa shape index (κ1) is 15.8. The zero-order valence-corrected chi connectivity index (χ0v) is 13.6. The van der Waals surface area contributed by atoms with Gasteiger partial charge in [-0.1, -0.05) is 24.5 Å². The molecule has 1 aliphatic rings. The van der Waals surface area contributed by atoms with Gasteiger partial charge in [0.1, 0.15) is 5.69 Å². The van der Waals surface area contributed by atoms with Crippen LogP contribution in [-0.4, -0.2) is 40.4 Å². The van der Waals surface area contributed by atoms with Crippen molar-refractivity contribution in [1.82, 2.24) is 15.0 Å². The predicted octanol–water partition coefficient (Wildman–Crippen LogP) is 2.83. The van der Waals surface area contributed by atoms with Gasteiger partial charge in [-0.15, -0.1) is 5.10 Å². The minimum absolute atomic E-state index is 0.0129. The zero-order valence-electron chi connectivity index (χ0n) is 13.6. The summed E-state index contributed by atoms with van der Waals surface area (Å²) in [4.78, 5) is 0. The SMILES string of the molecule is COc1ccc(-c2cn([C@@H]3CCCCC[C@H]3O)nn2)cc1OC. The van der Waals surface area contributed by atoms with E-state index in [9.17, 15) is 5.11 Å². The van der Waals surface area contributed by atoms with Gasteiger partial charge in [0.05, 0.1) is 32.6 Å². The van der Waals surface area contributed by atoms with Crippen LogP contribution in [0.4, 0.5) is 0 Å². The molecule has 1 aromatic heterocycles. The van der Waals surface area contributed by atoms with Crippen LogP contribution in [0.3, 0.4) is 0 Å². The first-order chi connectivity index (χ1) is 11.2. The Labute approximate surface area is 136 Å². The van der Waals surface area contributed by atoms with Gasteiger partial charge in [-0.3, -0.25) is 0 Å². The third kappa shape index (κ3) is 3.32. The summed E-state index contributed by atoms with van der Waals surface area (Å²) < 4.78 is 12.4. The number of aliphatic hydroxyl groups is 1. The molecule has 1 N–H and O–H groups in total. The Hall–Kier alpha value is -2.08. The highest BCUT2D eigenvalue weighted by Gasteiger charge is 2.24. The summed E-state index contributed by atoms with van der Waals surface area (Å²) in [5, 5.41) is 18.8. The molecule has 2 atom stereocenters. The van der Waals surface area contributed by atoms with E-state index in [0.29, 0.717) is 11.5 Å². The van der Waals surface area contributed by atoms with Crippen LogP contribution in [0.1, 0.15) is 38.1 Å². The van der Waals surface area contributed by atoms with E-state index in [0.717, 1.165) is 36.9 Å². The molecule has 3 rings (SSSR count). The number of rotatable bonds is 4. The lowest BCUT2D eigenvalue weighted by Crippen LogP contribution is -2.23. The average Bonchev–Trinajstić information content (AvgIpc) is 2.97. The average molecular weight is 317 g/mol. The molecule has 1 aliphatic carbocycles. The second-order valence-corrected chi connectivity index (χ2v) is 5.93. The number of hydrogen-bond acceptors (Lipinski definition) is 5. The van der Waals surface area contributed by atoms with Crippen molar-refractivity contribution in [3.8, 4) is 22.8 Å². The number of benzene rings is 1. The summed E-state index contributed by atoms with van der Waals surface area (Å²) in [6.45, 7) is 0. The lowest BCUT2D eigenvalue weighted by molar-refractivity contribution is 0.0980. The zero-order chi connectivity index (χ0) is 16.2. The maximum Gasteiger partial charge on any atom is 0.161 e. The van der Waals surface area contributed by atoms with Crippen molar-refractivity contribution < 1.29 is 14.6 Å². The molecule has 1 aromatic carbocycles. The second kappa shape index (κ2) is 7.00. The standard InChI is InChI=1S/C17H23N3O3/c1-22-16-9-8-12(10-17(16)23-2)13-11-20(19-18-13)14-6-4-3-5-7-15(14)21/h8-11,14-15,21H,3-7H2,1-2H3/t14-,15-/m1/s1. The first-order valence-electron chi connectivity index (χ1n) is 8.05. The van der Waals surface area contributed by atoms with Gasteiger partial charge in [0.25, 0.3) is 0 Å². The van der Waals surface area contributed by atoms with E-state index in [1.807, 2.05) is 29.1 Å². The van der Waals surface area contributed by atoms with E-state index < -0.39 is 0 Å². The van der Waals surface area contributed by atoms with E-state index in [1.54, 1.807) is 14.2 Å². The van der Waals surface area contributed by atoms with Crippen LogP contribution < -0.4 is 9.47 Å². The largest absolute Gasteiger partial charge is 0.493 e. The van der Waals surface area contributed by atoms with Crippen LogP contribution in [0.5, 0.6) is 11.5 Å². The number of nitrogens with zero attached hydrogens (tertiary/aromatic N) is 3. The topological polar surface area (TPSA) is 69.4 Å². The Balaban J connectivity index is 1.86. The van der Waals surface area contributed by atoms with Crippen molar-refractivity contribution in [3.05, 3.63) is 24.4 Å². The van der Waals surface area contributed by atoms with Gasteiger partial charge >= 0.3 is 0 Å². The van der Waals surface area contributed by atoms with Gasteiger partial charge < -0.3 is 14.6 Å². The summed E-state index contributed by atoms with van der Waals surface area (Å²) in [7, 11) is 3.22. The highest BCUT2D eigenvalue weighted by Crippen LogP contribution is 2.32. The summed E-state index contributed by atoms with van der Waals surface area (Å²) in [5.41, 5.74) is 1.68. The van der Waals surface area contributed by atoms with E-state index in [4.69, 9.17) is 9.47 Å². The Morgan fingerprint density at radius 3 is 2.65 bits per heavy atom. The fourth-order valence-electron chi connectivity index (χ4n) is 3.14. The molecule has 0 aliphatic heterocycles. The van der Waals surface area contributed by atoms with E-state index >= 15 is 0 Å². The summed E-state index contributed by atoms with van der Waals surface area (Å²) >= 11 is 0. The molecule has 0 radical (unpaired) electrons. The molecular weight excluding hydrogens is 294 g/mol. The molecule has 0 amide bonds. The fourth-order valence-corrected chi connectivity index (χ4v) is 3.14. The summed E-state index contributed by atoms with van der Waals surface area (Å²) in [6, 6.07) is 5.68. The maximum atomic E-state index is 10.3. The smallest absolute Gasteiger partial charge is 0.161 e. The Kier molecular flexibility index (Phi) is 4.81. The van der Waals surface area contributed by atoms with Crippen LogP contribution in [0.15, 0.2) is 24.4 Å². The fraction of sp³-hybridized carbons (Fsp3) is 0.529. The quantitative estimate of drug-likeness (QED) is 0.878. The van der Waals surface area contributed by atoms with Gasteiger partial charge in [0.2, 0.25) is 0 Å². The summed E-state index contributed by atoms with van der Waals surface area (Å²) in [5.74, 6) is 1.34. The van der Waals surface area contributed by atoms with E-state index in [-0.39, 0.29) is 12.1 Å². The van der Waals surface area contributed by atoms with Crippen molar-refractivity contribution >= 4 is 0 Å². The highest BCUT2D eigenvalue weighted by atomic mass is 16.5. The molecule has 1 heterocycles. The third-order valence-electron chi connectivity index (χ3n) is 4.47. The third-order valence-corrected chi connectivity index (χ3v) is 4.47. The van der Waals surface area contributed by atoms with Gasteiger partial charge in [0, 0.05) is 5.56 Å². The molecule has 0 unspecified atom stereocenters. The van der Waals surface area contributed by atoms with Gasteiger partial charge in [-0.25, -0.2) is 4.68 Å². The lowest BCUT2D eigenvalue weighted by atomic mass is 10.1. The van der Waals surface area contributed by atoms with Gasteiger partial charge in [-0.2, -0.15) is 0 Å². The van der Waals surface area contributed by atoms with Crippen LogP contribution in [-0.2, 0) is 0 Å². The second-order valence-electron chi connectivity index (χ2n) is 5.93. The first-order valence-corrected chi connectivity index (χ1v) is 8.05. The molecule has 6 nitrogen and oxygen atoms in total. The van der Waals surface area contributed by atoms with Crippen molar-refractivity contribution in [2.45, 2.75) is 44.2 Å². The molecule has 1 saturated carbocycles. The number of ether oxygens (including phenoxy) is 2. The maximum absolute atomic E-state index is 10.3. The monoisotopic (exact) mass is 317 g/mol. The molecule has 2 aromatic rings. The Morgan fingerprint density at radius 1 is 1.09 bits per heavy atom. The Morgan fingerprint density at radius 2 is 1.87 bits per heavy atom. The van der Waals surface area contributed by atoms with Gasteiger partial charge in [0.15, 0.2) is 11.5 Å². The molecule has 6 heteroatoms. The number of aromatic nitrogens is 3. The van der Waals surface area contributed by atoms with Crippen LogP contribution in [0.2, 0.25) is 0 Å². The lowest BCUT2D eigenvalue weighted by Gasteiger charge is -2.19. The van der Waals surface area contributed by atoms with E-state index in [2.05, 4.69) is 10.3 Å². The van der Waals surface area contributed by atoms with Crippen molar-refractivity contribution in [1.29, 1.82) is 0 Å². The Bertz CT molecular complexity index is 656. The summed E-state index contributed by atoms with van der Waals surface area (Å²) in [6.07, 6.45) is 6.69. The molecule has 23 heavy (non-hydrogen) atoms. The molecule has 124 valence electrons.